The molecule has 19 heavy (non-hydrogen) atoms. The Morgan fingerprint density at radius 2 is 2.05 bits per heavy atom. The number of benzene rings is 1. The van der Waals surface area contributed by atoms with Crippen LogP contribution in [0.15, 0.2) is 22.7 Å². The van der Waals surface area contributed by atoms with E-state index in [1.165, 1.54) is 4.90 Å². The Morgan fingerprint density at radius 3 is 2.58 bits per heavy atom. The molecule has 1 rings (SSSR count). The molecule has 0 saturated heterocycles. The number of carbonyl (C=O) groups excluding carboxylic acids is 2. The van der Waals surface area contributed by atoms with Crippen molar-refractivity contribution < 1.29 is 9.59 Å². The lowest BCUT2D eigenvalue weighted by Gasteiger charge is -2.20. The van der Waals surface area contributed by atoms with E-state index in [9.17, 15) is 9.59 Å². The number of hydrogen-bond donors (Lipinski definition) is 1. The minimum Gasteiger partial charge on any atom is -0.355 e. The predicted octanol–water partition coefficient (Wildman–Crippen LogP) is 2.70. The first-order valence-electron chi connectivity index (χ1n) is 6.00. The first-order valence-corrected chi connectivity index (χ1v) is 7.17. The number of likely N-dealkylation sites (N-methyl/N-ethyl adjacent to an activating group) is 2. The van der Waals surface area contributed by atoms with Gasteiger partial charge in [-0.25, -0.2) is 0 Å². The van der Waals surface area contributed by atoms with Crippen LogP contribution in [0, 0.1) is 0 Å². The monoisotopic (exact) mass is 346 g/mol. The van der Waals surface area contributed by atoms with Gasteiger partial charge in [0.15, 0.2) is 0 Å². The van der Waals surface area contributed by atoms with Gasteiger partial charge in [-0.2, -0.15) is 0 Å². The molecule has 0 aliphatic carbocycles. The molecule has 0 bridgehead atoms. The van der Waals surface area contributed by atoms with Gasteiger partial charge in [-0.3, -0.25) is 9.59 Å². The van der Waals surface area contributed by atoms with Crippen molar-refractivity contribution in [3.8, 4) is 0 Å². The molecular weight excluding hydrogens is 332 g/mol. The van der Waals surface area contributed by atoms with Crippen LogP contribution in [0.2, 0.25) is 5.02 Å². The maximum absolute atomic E-state index is 12.3. The van der Waals surface area contributed by atoms with E-state index >= 15 is 0 Å². The van der Waals surface area contributed by atoms with E-state index in [2.05, 4.69) is 21.2 Å². The fourth-order valence-electron chi connectivity index (χ4n) is 1.57. The zero-order valence-corrected chi connectivity index (χ0v) is 13.2. The average Bonchev–Trinajstić information content (AvgIpc) is 2.38. The van der Waals surface area contributed by atoms with Gasteiger partial charge < -0.3 is 10.2 Å². The summed E-state index contributed by atoms with van der Waals surface area (Å²) < 4.78 is 0.661. The number of halogens is 2. The van der Waals surface area contributed by atoms with Crippen molar-refractivity contribution in [2.24, 2.45) is 0 Å². The molecule has 0 unspecified atom stereocenters. The second-order valence-electron chi connectivity index (χ2n) is 3.90. The molecule has 0 aliphatic rings. The third-order valence-corrected chi connectivity index (χ3v) is 3.76. The molecule has 4 nitrogen and oxygen atoms in total. The van der Waals surface area contributed by atoms with Crippen LogP contribution in [-0.4, -0.2) is 36.3 Å². The van der Waals surface area contributed by atoms with Crippen LogP contribution in [-0.2, 0) is 4.79 Å². The first-order chi connectivity index (χ1) is 8.99. The van der Waals surface area contributed by atoms with Crippen molar-refractivity contribution in [1.29, 1.82) is 0 Å². The molecule has 0 fully saturated rings. The summed E-state index contributed by atoms with van der Waals surface area (Å²) in [4.78, 5) is 25.3. The maximum atomic E-state index is 12.3. The van der Waals surface area contributed by atoms with Crippen molar-refractivity contribution in [1.82, 2.24) is 10.2 Å². The average molecular weight is 348 g/mol. The number of nitrogens with one attached hydrogen (secondary N) is 1. The van der Waals surface area contributed by atoms with Crippen molar-refractivity contribution in [3.63, 3.8) is 0 Å². The molecule has 0 aromatic heterocycles. The van der Waals surface area contributed by atoms with Crippen LogP contribution < -0.4 is 5.32 Å². The van der Waals surface area contributed by atoms with Gasteiger partial charge in [0.1, 0.15) is 0 Å². The lowest BCUT2D eigenvalue weighted by atomic mass is 10.2. The third-order valence-electron chi connectivity index (χ3n) is 2.54. The number of nitrogens with zero attached hydrogens (tertiary/aromatic N) is 1. The Balaban J connectivity index is 2.83. The van der Waals surface area contributed by atoms with E-state index in [-0.39, 0.29) is 18.4 Å². The highest BCUT2D eigenvalue weighted by Gasteiger charge is 2.17. The van der Waals surface area contributed by atoms with Crippen LogP contribution in [0.1, 0.15) is 24.2 Å². The normalized spacial score (nSPS) is 10.1. The van der Waals surface area contributed by atoms with Crippen LogP contribution in [0.25, 0.3) is 0 Å². The Morgan fingerprint density at radius 1 is 1.37 bits per heavy atom. The van der Waals surface area contributed by atoms with Crippen molar-refractivity contribution in [2.45, 2.75) is 13.8 Å². The highest BCUT2D eigenvalue weighted by Crippen LogP contribution is 2.23. The van der Waals surface area contributed by atoms with Crippen LogP contribution >= 0.6 is 27.5 Å². The van der Waals surface area contributed by atoms with E-state index in [0.717, 1.165) is 0 Å². The van der Waals surface area contributed by atoms with Crippen molar-refractivity contribution >= 4 is 39.3 Å². The van der Waals surface area contributed by atoms with Crippen LogP contribution in [0.4, 0.5) is 0 Å². The SMILES string of the molecule is CCNC(=O)CN(CC)C(=O)c1ccc(Cl)c(Br)c1. The smallest absolute Gasteiger partial charge is 0.254 e. The molecule has 0 spiro atoms. The summed E-state index contributed by atoms with van der Waals surface area (Å²) in [5, 5.41) is 3.22. The molecule has 2 amide bonds. The summed E-state index contributed by atoms with van der Waals surface area (Å²) in [5.41, 5.74) is 0.502. The van der Waals surface area contributed by atoms with Gasteiger partial charge in [-0.05, 0) is 48.0 Å². The Bertz CT molecular complexity index is 480. The lowest BCUT2D eigenvalue weighted by molar-refractivity contribution is -0.121. The highest BCUT2D eigenvalue weighted by atomic mass is 79.9. The molecule has 104 valence electrons. The summed E-state index contributed by atoms with van der Waals surface area (Å²) in [7, 11) is 0. The molecule has 0 aliphatic heterocycles. The topological polar surface area (TPSA) is 49.4 Å². The van der Waals surface area contributed by atoms with E-state index in [1.54, 1.807) is 18.2 Å². The first kappa shape index (κ1) is 16.0. The minimum atomic E-state index is -0.189. The second-order valence-corrected chi connectivity index (χ2v) is 5.16. The quantitative estimate of drug-likeness (QED) is 0.890. The second kappa shape index (κ2) is 7.50. The van der Waals surface area contributed by atoms with Gasteiger partial charge in [-0.1, -0.05) is 11.6 Å². The number of rotatable bonds is 5. The van der Waals surface area contributed by atoms with E-state index in [4.69, 9.17) is 11.6 Å². The van der Waals surface area contributed by atoms with Crippen LogP contribution in [0.3, 0.4) is 0 Å². The van der Waals surface area contributed by atoms with E-state index in [0.29, 0.717) is 28.1 Å². The summed E-state index contributed by atoms with van der Waals surface area (Å²) in [5.74, 6) is -0.350. The van der Waals surface area contributed by atoms with Gasteiger partial charge in [0.05, 0.1) is 11.6 Å². The molecule has 1 aromatic carbocycles. The Kier molecular flexibility index (Phi) is 6.31. The number of amides is 2. The van der Waals surface area contributed by atoms with Gasteiger partial charge in [-0.15, -0.1) is 0 Å². The molecule has 0 radical (unpaired) electrons. The third kappa shape index (κ3) is 4.51. The highest BCUT2D eigenvalue weighted by molar-refractivity contribution is 9.10. The fraction of sp³-hybridized carbons (Fsp3) is 0.385. The molecule has 1 aromatic rings. The van der Waals surface area contributed by atoms with Gasteiger partial charge >= 0.3 is 0 Å². The molecule has 6 heteroatoms. The summed E-state index contributed by atoms with van der Waals surface area (Å²) >= 11 is 9.17. The zero-order valence-electron chi connectivity index (χ0n) is 10.9. The van der Waals surface area contributed by atoms with Crippen LogP contribution in [0.5, 0.6) is 0 Å². The summed E-state index contributed by atoms with van der Waals surface area (Å²) in [6, 6.07) is 4.96. The predicted molar refractivity (Wildman–Crippen MR) is 79.4 cm³/mol. The standard InChI is InChI=1S/C13H16BrClN2O2/c1-3-16-12(18)8-17(4-2)13(19)9-5-6-11(15)10(14)7-9/h5-7H,3-4,8H2,1-2H3,(H,16,18). The van der Waals surface area contributed by atoms with Gasteiger partial charge in [0.2, 0.25) is 5.91 Å². The lowest BCUT2D eigenvalue weighted by Crippen LogP contribution is -2.40. The molecule has 0 heterocycles. The zero-order chi connectivity index (χ0) is 14.4. The number of hydrogen-bond acceptors (Lipinski definition) is 2. The summed E-state index contributed by atoms with van der Waals surface area (Å²) in [6.07, 6.45) is 0. The Labute approximate surface area is 126 Å². The molecule has 1 N–H and O–H groups in total. The molecule has 0 saturated carbocycles. The molecule has 0 atom stereocenters. The minimum absolute atomic E-state index is 0.0589. The maximum Gasteiger partial charge on any atom is 0.254 e. The van der Waals surface area contributed by atoms with E-state index in [1.807, 2.05) is 13.8 Å². The van der Waals surface area contributed by atoms with E-state index < -0.39 is 0 Å². The fourth-order valence-corrected chi connectivity index (χ4v) is 2.06. The summed E-state index contributed by atoms with van der Waals surface area (Å²) in [6.45, 7) is 4.76. The molecular formula is C13H16BrClN2O2. The largest absolute Gasteiger partial charge is 0.355 e. The van der Waals surface area contributed by atoms with Crippen molar-refractivity contribution in [2.75, 3.05) is 19.6 Å². The Hall–Kier alpha value is -1.07. The van der Waals surface area contributed by atoms with Gasteiger partial charge in [0, 0.05) is 23.1 Å². The number of carbonyl (C=O) groups is 2. The van der Waals surface area contributed by atoms with Crippen molar-refractivity contribution in [3.05, 3.63) is 33.3 Å². The van der Waals surface area contributed by atoms with Gasteiger partial charge in [0.25, 0.3) is 5.91 Å².